The molecule has 1 heterocycles. The first-order chi connectivity index (χ1) is 8.86. The minimum absolute atomic E-state index is 0.479. The molecule has 1 N–H and O–H groups in total. The standard InChI is InChI=1S/C16H13NO/c18-10-9-12-5-7-13(8-6-12)16-11-14-3-1-2-4-15(14)17-16/h1-8,10-11,17H,9H2. The Morgan fingerprint density at radius 3 is 2.50 bits per heavy atom. The zero-order valence-electron chi connectivity index (χ0n) is 9.89. The Balaban J connectivity index is 2.00. The van der Waals surface area contributed by atoms with Gasteiger partial charge in [0.25, 0.3) is 0 Å². The Morgan fingerprint density at radius 1 is 1.00 bits per heavy atom. The van der Waals surface area contributed by atoms with Crippen molar-refractivity contribution in [3.63, 3.8) is 0 Å². The summed E-state index contributed by atoms with van der Waals surface area (Å²) in [7, 11) is 0. The van der Waals surface area contributed by atoms with E-state index >= 15 is 0 Å². The van der Waals surface area contributed by atoms with Crippen LogP contribution >= 0.6 is 0 Å². The molecule has 2 heteroatoms. The number of aromatic amines is 1. The highest BCUT2D eigenvalue weighted by Gasteiger charge is 2.02. The Hall–Kier alpha value is -2.35. The first-order valence-electron chi connectivity index (χ1n) is 5.97. The second-order valence-electron chi connectivity index (χ2n) is 4.34. The molecular formula is C16H13NO. The zero-order chi connectivity index (χ0) is 12.4. The first kappa shape index (κ1) is 10.8. The van der Waals surface area contributed by atoms with E-state index in [1.807, 2.05) is 36.4 Å². The Morgan fingerprint density at radius 2 is 1.78 bits per heavy atom. The molecule has 0 bridgehead atoms. The number of carbonyl (C=O) groups excluding carboxylic acids is 1. The number of fused-ring (bicyclic) bond motifs is 1. The molecule has 2 nitrogen and oxygen atoms in total. The highest BCUT2D eigenvalue weighted by Crippen LogP contribution is 2.24. The molecule has 3 aromatic rings. The highest BCUT2D eigenvalue weighted by molar-refractivity contribution is 5.85. The van der Waals surface area contributed by atoms with E-state index < -0.39 is 0 Å². The summed E-state index contributed by atoms with van der Waals surface area (Å²) in [5.74, 6) is 0. The van der Waals surface area contributed by atoms with Gasteiger partial charge < -0.3 is 9.78 Å². The number of aldehydes is 1. The summed E-state index contributed by atoms with van der Waals surface area (Å²) in [5, 5.41) is 1.21. The third-order valence-electron chi connectivity index (χ3n) is 3.11. The minimum atomic E-state index is 0.479. The van der Waals surface area contributed by atoms with Crippen molar-refractivity contribution >= 4 is 17.2 Å². The molecule has 0 saturated heterocycles. The summed E-state index contributed by atoms with van der Waals surface area (Å²) in [6.45, 7) is 0. The van der Waals surface area contributed by atoms with Crippen LogP contribution in [-0.2, 0) is 11.2 Å². The lowest BCUT2D eigenvalue weighted by atomic mass is 10.1. The third kappa shape index (κ3) is 1.93. The molecule has 0 atom stereocenters. The number of para-hydroxylation sites is 1. The van der Waals surface area contributed by atoms with Crippen molar-refractivity contribution in [2.24, 2.45) is 0 Å². The van der Waals surface area contributed by atoms with Gasteiger partial charge in [-0.2, -0.15) is 0 Å². The quantitative estimate of drug-likeness (QED) is 0.691. The maximum atomic E-state index is 10.4. The minimum Gasteiger partial charge on any atom is -0.355 e. The van der Waals surface area contributed by atoms with E-state index in [1.165, 1.54) is 5.39 Å². The first-order valence-corrected chi connectivity index (χ1v) is 5.97. The van der Waals surface area contributed by atoms with Gasteiger partial charge in [-0.25, -0.2) is 0 Å². The highest BCUT2D eigenvalue weighted by atomic mass is 16.1. The summed E-state index contributed by atoms with van der Waals surface area (Å²) in [5.41, 5.74) is 4.43. The smallest absolute Gasteiger partial charge is 0.124 e. The van der Waals surface area contributed by atoms with E-state index in [0.29, 0.717) is 6.42 Å². The van der Waals surface area contributed by atoms with Gasteiger partial charge in [0.15, 0.2) is 0 Å². The molecule has 0 aliphatic carbocycles. The fourth-order valence-corrected chi connectivity index (χ4v) is 2.15. The number of aromatic nitrogens is 1. The molecule has 88 valence electrons. The Labute approximate surface area is 105 Å². The fraction of sp³-hybridized carbons (Fsp3) is 0.0625. The van der Waals surface area contributed by atoms with Crippen LogP contribution in [0.25, 0.3) is 22.2 Å². The summed E-state index contributed by atoms with van der Waals surface area (Å²) in [6.07, 6.45) is 1.41. The molecule has 1 aromatic heterocycles. The van der Waals surface area contributed by atoms with Gasteiger partial charge in [0.2, 0.25) is 0 Å². The van der Waals surface area contributed by atoms with Crippen LogP contribution in [0.5, 0.6) is 0 Å². The molecule has 0 aliphatic heterocycles. The maximum Gasteiger partial charge on any atom is 0.124 e. The van der Waals surface area contributed by atoms with Crippen LogP contribution in [0.3, 0.4) is 0 Å². The van der Waals surface area contributed by atoms with Crippen molar-refractivity contribution in [1.29, 1.82) is 0 Å². The van der Waals surface area contributed by atoms with Crippen LogP contribution in [-0.4, -0.2) is 11.3 Å². The van der Waals surface area contributed by atoms with E-state index in [2.05, 4.69) is 23.2 Å². The summed E-state index contributed by atoms with van der Waals surface area (Å²) < 4.78 is 0. The van der Waals surface area contributed by atoms with Gasteiger partial charge in [0.1, 0.15) is 6.29 Å². The van der Waals surface area contributed by atoms with Crippen LogP contribution in [0.15, 0.2) is 54.6 Å². The lowest BCUT2D eigenvalue weighted by Crippen LogP contribution is -1.85. The molecule has 0 aliphatic rings. The van der Waals surface area contributed by atoms with E-state index in [0.717, 1.165) is 28.6 Å². The predicted octanol–water partition coefficient (Wildman–Crippen LogP) is 3.58. The van der Waals surface area contributed by atoms with Gasteiger partial charge in [-0.3, -0.25) is 0 Å². The number of hydrogen-bond donors (Lipinski definition) is 1. The predicted molar refractivity (Wildman–Crippen MR) is 73.5 cm³/mol. The van der Waals surface area contributed by atoms with Crippen LogP contribution < -0.4 is 0 Å². The van der Waals surface area contributed by atoms with Gasteiger partial charge in [0, 0.05) is 23.0 Å². The van der Waals surface area contributed by atoms with E-state index in [1.54, 1.807) is 0 Å². The Kier molecular flexibility index (Phi) is 2.69. The molecule has 0 saturated carbocycles. The topological polar surface area (TPSA) is 32.9 Å². The van der Waals surface area contributed by atoms with Crippen molar-refractivity contribution in [2.45, 2.75) is 6.42 Å². The molecule has 0 amide bonds. The average Bonchev–Trinajstić information content (AvgIpc) is 2.84. The number of carbonyl (C=O) groups is 1. The Bertz CT molecular complexity index is 647. The monoisotopic (exact) mass is 235 g/mol. The SMILES string of the molecule is O=CCc1ccc(-c2cc3ccccc3[nH]2)cc1. The van der Waals surface area contributed by atoms with Crippen molar-refractivity contribution < 1.29 is 4.79 Å². The van der Waals surface area contributed by atoms with Gasteiger partial charge >= 0.3 is 0 Å². The molecule has 0 unspecified atom stereocenters. The van der Waals surface area contributed by atoms with Crippen LogP contribution in [0.1, 0.15) is 5.56 Å². The van der Waals surface area contributed by atoms with E-state index in [-0.39, 0.29) is 0 Å². The van der Waals surface area contributed by atoms with Crippen molar-refractivity contribution in [3.05, 3.63) is 60.2 Å². The molecule has 2 aromatic carbocycles. The lowest BCUT2D eigenvalue weighted by molar-refractivity contribution is -0.107. The second kappa shape index (κ2) is 4.49. The molecule has 0 spiro atoms. The van der Waals surface area contributed by atoms with Gasteiger partial charge in [-0.05, 0) is 23.3 Å². The third-order valence-corrected chi connectivity index (χ3v) is 3.11. The summed E-state index contributed by atoms with van der Waals surface area (Å²) >= 11 is 0. The van der Waals surface area contributed by atoms with Gasteiger partial charge in [-0.15, -0.1) is 0 Å². The number of nitrogens with one attached hydrogen (secondary N) is 1. The van der Waals surface area contributed by atoms with E-state index in [4.69, 9.17) is 0 Å². The van der Waals surface area contributed by atoms with Crippen molar-refractivity contribution in [1.82, 2.24) is 4.98 Å². The summed E-state index contributed by atoms with van der Waals surface area (Å²) in [6, 6.07) is 18.4. The molecule has 0 fully saturated rings. The molecule has 3 rings (SSSR count). The number of H-pyrrole nitrogens is 1. The van der Waals surface area contributed by atoms with Crippen LogP contribution in [0.2, 0.25) is 0 Å². The van der Waals surface area contributed by atoms with E-state index in [9.17, 15) is 4.79 Å². The number of rotatable bonds is 3. The van der Waals surface area contributed by atoms with Crippen LogP contribution in [0, 0.1) is 0 Å². The number of benzene rings is 2. The summed E-state index contributed by atoms with van der Waals surface area (Å²) in [4.78, 5) is 13.8. The largest absolute Gasteiger partial charge is 0.355 e. The van der Waals surface area contributed by atoms with Gasteiger partial charge in [0.05, 0.1) is 0 Å². The van der Waals surface area contributed by atoms with Gasteiger partial charge in [-0.1, -0.05) is 42.5 Å². The number of hydrogen-bond acceptors (Lipinski definition) is 1. The molecular weight excluding hydrogens is 222 g/mol. The molecule has 0 radical (unpaired) electrons. The maximum absolute atomic E-state index is 10.4. The zero-order valence-corrected chi connectivity index (χ0v) is 9.89. The lowest BCUT2D eigenvalue weighted by Gasteiger charge is -1.99. The van der Waals surface area contributed by atoms with Crippen molar-refractivity contribution in [3.8, 4) is 11.3 Å². The van der Waals surface area contributed by atoms with Crippen molar-refractivity contribution in [2.75, 3.05) is 0 Å². The van der Waals surface area contributed by atoms with Crippen LogP contribution in [0.4, 0.5) is 0 Å². The average molecular weight is 235 g/mol. The fourth-order valence-electron chi connectivity index (χ4n) is 2.15. The normalized spacial score (nSPS) is 10.7. The second-order valence-corrected chi connectivity index (χ2v) is 4.34. The molecule has 18 heavy (non-hydrogen) atoms.